The van der Waals surface area contributed by atoms with Crippen molar-refractivity contribution in [2.75, 3.05) is 6.54 Å². The van der Waals surface area contributed by atoms with E-state index in [0.29, 0.717) is 11.6 Å². The van der Waals surface area contributed by atoms with Crippen LogP contribution in [-0.4, -0.2) is 6.54 Å². The van der Waals surface area contributed by atoms with Gasteiger partial charge in [0.25, 0.3) is 0 Å². The lowest BCUT2D eigenvalue weighted by molar-refractivity contribution is 0.473. The third-order valence-corrected chi connectivity index (χ3v) is 3.60. The second-order valence-electron chi connectivity index (χ2n) is 4.33. The van der Waals surface area contributed by atoms with Crippen molar-refractivity contribution in [1.82, 2.24) is 0 Å². The standard InChI is InChI=1S/C15H15BrClNO/c1-10-2-4-14(11(8-10)6-7-18)19-15-5-3-12(17)9-13(15)16/h2-5,8-9H,6-7,18H2,1H3. The van der Waals surface area contributed by atoms with Gasteiger partial charge in [0.2, 0.25) is 0 Å². The molecule has 0 amide bonds. The molecule has 4 heteroatoms. The molecule has 2 aromatic carbocycles. The Morgan fingerprint density at radius 1 is 1.16 bits per heavy atom. The number of hydrogen-bond donors (Lipinski definition) is 1. The van der Waals surface area contributed by atoms with Crippen LogP contribution >= 0.6 is 27.5 Å². The highest BCUT2D eigenvalue weighted by Gasteiger charge is 2.08. The minimum absolute atomic E-state index is 0.599. The van der Waals surface area contributed by atoms with Crippen LogP contribution in [0, 0.1) is 6.92 Å². The van der Waals surface area contributed by atoms with Crippen LogP contribution in [0.1, 0.15) is 11.1 Å². The fraction of sp³-hybridized carbons (Fsp3) is 0.200. The average molecular weight is 341 g/mol. The lowest BCUT2D eigenvalue weighted by atomic mass is 10.1. The number of nitrogens with two attached hydrogens (primary N) is 1. The Balaban J connectivity index is 2.32. The first kappa shape index (κ1) is 14.4. The van der Waals surface area contributed by atoms with Crippen LogP contribution in [0.25, 0.3) is 0 Å². The molecule has 100 valence electrons. The summed E-state index contributed by atoms with van der Waals surface area (Å²) in [5.74, 6) is 1.57. The zero-order chi connectivity index (χ0) is 13.8. The number of aryl methyl sites for hydroxylation is 1. The molecule has 0 atom stereocenters. The van der Waals surface area contributed by atoms with E-state index in [1.165, 1.54) is 5.56 Å². The van der Waals surface area contributed by atoms with Gasteiger partial charge in [0.05, 0.1) is 4.47 Å². The third kappa shape index (κ3) is 3.72. The van der Waals surface area contributed by atoms with Crippen molar-refractivity contribution in [1.29, 1.82) is 0 Å². The minimum Gasteiger partial charge on any atom is -0.456 e. The molecule has 2 nitrogen and oxygen atoms in total. The first-order chi connectivity index (χ1) is 9.10. The molecule has 19 heavy (non-hydrogen) atoms. The Labute approximate surface area is 126 Å². The molecular formula is C15H15BrClNO. The van der Waals surface area contributed by atoms with Gasteiger partial charge in [-0.15, -0.1) is 0 Å². The van der Waals surface area contributed by atoms with E-state index in [2.05, 4.69) is 28.9 Å². The van der Waals surface area contributed by atoms with Crippen molar-refractivity contribution < 1.29 is 4.74 Å². The van der Waals surface area contributed by atoms with Gasteiger partial charge >= 0.3 is 0 Å². The topological polar surface area (TPSA) is 35.2 Å². The fourth-order valence-electron chi connectivity index (χ4n) is 1.84. The van der Waals surface area contributed by atoms with E-state index in [4.69, 9.17) is 22.1 Å². The normalized spacial score (nSPS) is 10.5. The number of benzene rings is 2. The van der Waals surface area contributed by atoms with Gasteiger partial charge in [-0.2, -0.15) is 0 Å². The van der Waals surface area contributed by atoms with E-state index in [-0.39, 0.29) is 0 Å². The summed E-state index contributed by atoms with van der Waals surface area (Å²) in [5.41, 5.74) is 7.96. The average Bonchev–Trinajstić information content (AvgIpc) is 2.36. The zero-order valence-electron chi connectivity index (χ0n) is 10.6. The summed E-state index contributed by atoms with van der Waals surface area (Å²) in [7, 11) is 0. The molecule has 2 aromatic rings. The van der Waals surface area contributed by atoms with Gasteiger partial charge in [-0.1, -0.05) is 29.3 Å². The summed E-state index contributed by atoms with van der Waals surface area (Å²) < 4.78 is 6.77. The van der Waals surface area contributed by atoms with Crippen molar-refractivity contribution in [2.45, 2.75) is 13.3 Å². The Kier molecular flexibility index (Phi) is 4.86. The van der Waals surface area contributed by atoms with Crippen LogP contribution in [0.3, 0.4) is 0 Å². The molecule has 2 rings (SSSR count). The van der Waals surface area contributed by atoms with Crippen LogP contribution in [0.2, 0.25) is 5.02 Å². The number of halogens is 2. The predicted molar refractivity (Wildman–Crippen MR) is 83.2 cm³/mol. The Bertz CT molecular complexity index is 586. The Morgan fingerprint density at radius 2 is 1.89 bits per heavy atom. The van der Waals surface area contributed by atoms with Crippen LogP contribution in [0.5, 0.6) is 11.5 Å². The largest absolute Gasteiger partial charge is 0.456 e. The summed E-state index contributed by atoms with van der Waals surface area (Å²) in [6.45, 7) is 2.66. The molecule has 0 fully saturated rings. The van der Waals surface area contributed by atoms with Crippen molar-refractivity contribution in [2.24, 2.45) is 5.73 Å². The van der Waals surface area contributed by atoms with Crippen LogP contribution in [-0.2, 0) is 6.42 Å². The van der Waals surface area contributed by atoms with Gasteiger partial charge in [0.1, 0.15) is 11.5 Å². The predicted octanol–water partition coefficient (Wildman–Crippen LogP) is 4.70. The van der Waals surface area contributed by atoms with Crippen LogP contribution in [0.4, 0.5) is 0 Å². The molecule has 0 aliphatic rings. The number of hydrogen-bond acceptors (Lipinski definition) is 2. The highest BCUT2D eigenvalue weighted by molar-refractivity contribution is 9.10. The lowest BCUT2D eigenvalue weighted by Gasteiger charge is -2.13. The maximum absolute atomic E-state index is 5.94. The molecule has 0 saturated carbocycles. The van der Waals surface area contributed by atoms with Gasteiger partial charge in [-0.25, -0.2) is 0 Å². The van der Waals surface area contributed by atoms with E-state index in [1.807, 2.05) is 24.3 Å². The van der Waals surface area contributed by atoms with Gasteiger partial charge in [0.15, 0.2) is 0 Å². The van der Waals surface area contributed by atoms with Crippen LogP contribution in [0.15, 0.2) is 40.9 Å². The van der Waals surface area contributed by atoms with Gasteiger partial charge in [0, 0.05) is 5.02 Å². The molecule has 0 unspecified atom stereocenters. The Morgan fingerprint density at radius 3 is 2.58 bits per heavy atom. The first-order valence-corrected chi connectivity index (χ1v) is 7.20. The van der Waals surface area contributed by atoms with Gasteiger partial charge < -0.3 is 10.5 Å². The summed E-state index contributed by atoms with van der Waals surface area (Å²) in [6.07, 6.45) is 0.794. The molecule has 0 aliphatic heterocycles. The molecule has 0 aromatic heterocycles. The second-order valence-corrected chi connectivity index (χ2v) is 5.62. The highest BCUT2D eigenvalue weighted by atomic mass is 79.9. The molecule has 0 bridgehead atoms. The number of ether oxygens (including phenoxy) is 1. The summed E-state index contributed by atoms with van der Waals surface area (Å²) in [5, 5.41) is 0.672. The van der Waals surface area contributed by atoms with E-state index in [1.54, 1.807) is 6.07 Å². The van der Waals surface area contributed by atoms with Crippen molar-refractivity contribution in [3.05, 3.63) is 57.0 Å². The Hall–Kier alpha value is -1.03. The van der Waals surface area contributed by atoms with E-state index >= 15 is 0 Å². The summed E-state index contributed by atoms with van der Waals surface area (Å²) in [4.78, 5) is 0. The van der Waals surface area contributed by atoms with Gasteiger partial charge in [-0.3, -0.25) is 0 Å². The second kappa shape index (κ2) is 6.42. The summed E-state index contributed by atoms with van der Waals surface area (Å²) >= 11 is 9.37. The lowest BCUT2D eigenvalue weighted by Crippen LogP contribution is -2.04. The smallest absolute Gasteiger partial charge is 0.141 e. The fourth-order valence-corrected chi connectivity index (χ4v) is 2.60. The third-order valence-electron chi connectivity index (χ3n) is 2.74. The van der Waals surface area contributed by atoms with Crippen molar-refractivity contribution in [3.63, 3.8) is 0 Å². The zero-order valence-corrected chi connectivity index (χ0v) is 13.0. The highest BCUT2D eigenvalue weighted by Crippen LogP contribution is 2.33. The summed E-state index contributed by atoms with van der Waals surface area (Å²) in [6, 6.07) is 11.6. The SMILES string of the molecule is Cc1ccc(Oc2ccc(Cl)cc2Br)c(CCN)c1. The number of rotatable bonds is 4. The molecule has 0 spiro atoms. The van der Waals surface area contributed by atoms with Crippen molar-refractivity contribution in [3.8, 4) is 11.5 Å². The van der Waals surface area contributed by atoms with Crippen molar-refractivity contribution >= 4 is 27.5 Å². The quantitative estimate of drug-likeness (QED) is 0.875. The van der Waals surface area contributed by atoms with Crippen LogP contribution < -0.4 is 10.5 Å². The van der Waals surface area contributed by atoms with E-state index < -0.39 is 0 Å². The first-order valence-electron chi connectivity index (χ1n) is 6.02. The van der Waals surface area contributed by atoms with Gasteiger partial charge in [-0.05, 0) is 65.6 Å². The molecule has 2 N–H and O–H groups in total. The monoisotopic (exact) mass is 339 g/mol. The molecule has 0 aliphatic carbocycles. The maximum atomic E-state index is 5.94. The molecule has 0 heterocycles. The molecule has 0 saturated heterocycles. The minimum atomic E-state index is 0.599. The molecular weight excluding hydrogens is 326 g/mol. The van der Waals surface area contributed by atoms with E-state index in [9.17, 15) is 0 Å². The van der Waals surface area contributed by atoms with E-state index in [0.717, 1.165) is 28.0 Å². The molecule has 0 radical (unpaired) electrons. The maximum Gasteiger partial charge on any atom is 0.141 e.